The molecule has 1 N–H and O–H groups in total. The number of aryl methyl sites for hydroxylation is 1. The molecule has 5 rings (SSSR count). The first-order chi connectivity index (χ1) is 17.8. The highest BCUT2D eigenvalue weighted by Gasteiger charge is 2.29. The van der Waals surface area contributed by atoms with Gasteiger partial charge in [-0.3, -0.25) is 4.57 Å². The molecule has 4 heterocycles. The second-order valence-corrected chi connectivity index (χ2v) is 11.5. The summed E-state index contributed by atoms with van der Waals surface area (Å²) >= 11 is 6.94. The van der Waals surface area contributed by atoms with E-state index in [0.717, 1.165) is 6.42 Å². The Labute approximate surface area is 219 Å². The molecule has 4 aromatic rings. The van der Waals surface area contributed by atoms with Gasteiger partial charge in [0.15, 0.2) is 5.65 Å². The van der Waals surface area contributed by atoms with Gasteiger partial charge in [0.2, 0.25) is 10.0 Å². The van der Waals surface area contributed by atoms with Gasteiger partial charge in [-0.15, -0.1) is 10.2 Å². The van der Waals surface area contributed by atoms with E-state index >= 15 is 0 Å². The molecule has 0 saturated carbocycles. The molecule has 0 spiro atoms. The van der Waals surface area contributed by atoms with Crippen molar-refractivity contribution in [3.63, 3.8) is 0 Å². The van der Waals surface area contributed by atoms with E-state index in [2.05, 4.69) is 20.1 Å². The molecule has 0 aliphatic carbocycles. The van der Waals surface area contributed by atoms with Crippen molar-refractivity contribution >= 4 is 38.3 Å². The van der Waals surface area contributed by atoms with E-state index in [1.54, 1.807) is 22.8 Å². The summed E-state index contributed by atoms with van der Waals surface area (Å²) in [5, 5.41) is 8.33. The van der Waals surface area contributed by atoms with Crippen LogP contribution in [0.3, 0.4) is 0 Å². The molecule has 1 aliphatic rings. The van der Waals surface area contributed by atoms with E-state index < -0.39 is 10.0 Å². The zero-order chi connectivity index (χ0) is 26.3. The predicted octanol–water partition coefficient (Wildman–Crippen LogP) is 2.83. The van der Waals surface area contributed by atoms with Crippen LogP contribution >= 0.6 is 11.6 Å². The van der Waals surface area contributed by atoms with Crippen LogP contribution in [0, 0.1) is 0 Å². The fourth-order valence-electron chi connectivity index (χ4n) is 4.65. The molecule has 1 fully saturated rings. The predicted molar refractivity (Wildman–Crippen MR) is 142 cm³/mol. The number of ether oxygens (including phenoxy) is 1. The fraction of sp³-hybridized carbons (Fsp3) is 0.458. The maximum absolute atomic E-state index is 13.5. The van der Waals surface area contributed by atoms with Crippen LogP contribution in [0.25, 0.3) is 27.9 Å². The van der Waals surface area contributed by atoms with E-state index in [1.165, 1.54) is 15.0 Å². The Morgan fingerprint density at radius 2 is 1.89 bits per heavy atom. The lowest BCUT2D eigenvalue weighted by Crippen LogP contribution is -2.47. The lowest BCUT2D eigenvalue weighted by molar-refractivity contribution is 0.222. The summed E-state index contributed by atoms with van der Waals surface area (Å²) in [6.45, 7) is 7.03. The monoisotopic (exact) mass is 547 g/mol. The highest BCUT2D eigenvalue weighted by molar-refractivity contribution is 7.89. The van der Waals surface area contributed by atoms with Gasteiger partial charge < -0.3 is 14.6 Å². The minimum absolute atomic E-state index is 0.157. The Hall–Kier alpha value is -2.93. The van der Waals surface area contributed by atoms with E-state index in [1.807, 2.05) is 20.9 Å². The van der Waals surface area contributed by atoms with Crippen molar-refractivity contribution in [1.29, 1.82) is 0 Å². The van der Waals surface area contributed by atoms with Gasteiger partial charge >= 0.3 is 5.69 Å². The van der Waals surface area contributed by atoms with E-state index in [4.69, 9.17) is 16.3 Å². The lowest BCUT2D eigenvalue weighted by Gasteiger charge is -2.31. The maximum atomic E-state index is 13.5. The number of rotatable bonds is 8. The van der Waals surface area contributed by atoms with Gasteiger partial charge in [0.1, 0.15) is 17.6 Å². The van der Waals surface area contributed by atoms with Crippen LogP contribution in [0.4, 0.5) is 0 Å². The number of H-pyrrole nitrogens is 1. The minimum Gasteiger partial charge on any atom is -0.493 e. The molecular formula is C24H30ClN7O4S. The van der Waals surface area contributed by atoms with Crippen LogP contribution in [0.2, 0.25) is 5.02 Å². The average molecular weight is 548 g/mol. The highest BCUT2D eigenvalue weighted by atomic mass is 35.5. The Morgan fingerprint density at radius 3 is 2.59 bits per heavy atom. The van der Waals surface area contributed by atoms with Gasteiger partial charge in [-0.05, 0) is 38.1 Å². The number of hydrogen-bond acceptors (Lipinski definition) is 7. The Kier molecular flexibility index (Phi) is 7.01. The lowest BCUT2D eigenvalue weighted by atomic mass is 10.1. The Bertz CT molecular complexity index is 1620. The molecule has 0 bridgehead atoms. The summed E-state index contributed by atoms with van der Waals surface area (Å²) in [7, 11) is -1.76. The molecule has 0 unspecified atom stereocenters. The number of nitrogens with zero attached hydrogens (tertiary/aromatic N) is 6. The molecule has 0 amide bonds. The molecular weight excluding hydrogens is 518 g/mol. The number of halogens is 1. The zero-order valence-corrected chi connectivity index (χ0v) is 22.6. The van der Waals surface area contributed by atoms with Gasteiger partial charge in [-0.25, -0.2) is 17.6 Å². The summed E-state index contributed by atoms with van der Waals surface area (Å²) in [6.07, 6.45) is 2.86. The maximum Gasteiger partial charge on any atom is 0.335 e. The summed E-state index contributed by atoms with van der Waals surface area (Å²) in [5.41, 5.74) is 2.04. The molecule has 13 heteroatoms. The normalized spacial score (nSPS) is 15.7. The number of fused-ring (bicyclic) bond motifs is 3. The van der Waals surface area contributed by atoms with Crippen molar-refractivity contribution in [1.82, 2.24) is 33.4 Å². The van der Waals surface area contributed by atoms with Crippen LogP contribution in [-0.4, -0.2) is 81.6 Å². The third-order valence-corrected chi connectivity index (χ3v) is 8.88. The van der Waals surface area contributed by atoms with Crippen LogP contribution in [-0.2, 0) is 16.6 Å². The average Bonchev–Trinajstić information content (AvgIpc) is 3.51. The molecule has 1 aromatic carbocycles. The van der Waals surface area contributed by atoms with Gasteiger partial charge in [-0.2, -0.15) is 4.31 Å². The van der Waals surface area contributed by atoms with Gasteiger partial charge in [0, 0.05) is 38.3 Å². The van der Waals surface area contributed by atoms with Gasteiger partial charge in [-0.1, -0.05) is 25.4 Å². The standard InChI is InChI=1S/C24H30ClN7O4S/c1-4-8-31-22-19(25)20(27-21(22)23-28-26-15-32(23)24(31)33)17-14-16(6-7-18(17)36-13-5-2)37(34,35)30-11-9-29(3)10-12-30/h6-7,14-15,27H,4-5,8-13H2,1-3H3. The highest BCUT2D eigenvalue weighted by Crippen LogP contribution is 2.40. The molecule has 1 saturated heterocycles. The molecule has 11 nitrogen and oxygen atoms in total. The van der Waals surface area contributed by atoms with Crippen molar-refractivity contribution < 1.29 is 13.2 Å². The van der Waals surface area contributed by atoms with Crippen molar-refractivity contribution in [3.05, 3.63) is 40.0 Å². The van der Waals surface area contributed by atoms with Crippen LogP contribution in [0.15, 0.2) is 34.2 Å². The molecule has 37 heavy (non-hydrogen) atoms. The van der Waals surface area contributed by atoms with E-state index in [-0.39, 0.29) is 10.6 Å². The fourth-order valence-corrected chi connectivity index (χ4v) is 6.45. The molecule has 198 valence electrons. The number of piperazine rings is 1. The number of aromatic nitrogens is 5. The van der Waals surface area contributed by atoms with Gasteiger partial charge in [0.25, 0.3) is 0 Å². The van der Waals surface area contributed by atoms with E-state index in [0.29, 0.717) is 84.5 Å². The molecule has 1 aliphatic heterocycles. The first kappa shape index (κ1) is 25.7. The number of nitrogens with one attached hydrogen (secondary N) is 1. The van der Waals surface area contributed by atoms with Crippen molar-refractivity contribution in [2.24, 2.45) is 0 Å². The number of sulfonamides is 1. The Morgan fingerprint density at radius 1 is 1.14 bits per heavy atom. The van der Waals surface area contributed by atoms with Gasteiger partial charge in [0.05, 0.1) is 27.7 Å². The third-order valence-electron chi connectivity index (χ3n) is 6.62. The van der Waals surface area contributed by atoms with Crippen molar-refractivity contribution in [2.75, 3.05) is 39.8 Å². The summed E-state index contributed by atoms with van der Waals surface area (Å²) in [4.78, 5) is 18.7. The summed E-state index contributed by atoms with van der Waals surface area (Å²) in [6, 6.07) is 4.84. The first-order valence-electron chi connectivity index (χ1n) is 12.4. The summed E-state index contributed by atoms with van der Waals surface area (Å²) in [5.74, 6) is 0.495. The quantitative estimate of drug-likeness (QED) is 0.360. The van der Waals surface area contributed by atoms with Crippen LogP contribution in [0.1, 0.15) is 26.7 Å². The first-order valence-corrected chi connectivity index (χ1v) is 14.2. The molecule has 3 aromatic heterocycles. The van der Waals surface area contributed by atoms with Crippen LogP contribution < -0.4 is 10.4 Å². The summed E-state index contributed by atoms with van der Waals surface area (Å²) < 4.78 is 37.5. The molecule has 0 radical (unpaired) electrons. The number of likely N-dealkylation sites (N-methyl/N-ethyl adjacent to an activating group) is 1. The smallest absolute Gasteiger partial charge is 0.335 e. The van der Waals surface area contributed by atoms with Crippen LogP contribution in [0.5, 0.6) is 5.75 Å². The molecule has 0 atom stereocenters. The minimum atomic E-state index is -3.73. The number of benzene rings is 1. The zero-order valence-electron chi connectivity index (χ0n) is 21.1. The van der Waals surface area contributed by atoms with E-state index in [9.17, 15) is 13.2 Å². The second kappa shape index (κ2) is 10.1. The van der Waals surface area contributed by atoms with Crippen molar-refractivity contribution in [3.8, 4) is 17.0 Å². The SMILES string of the molecule is CCCOc1ccc(S(=O)(=O)N2CCN(C)CC2)cc1-c1[nH]c2c(c1Cl)n(CCC)c(=O)n1cnnc21. The number of hydrogen-bond donors (Lipinski definition) is 1. The topological polar surface area (TPSA) is 118 Å². The Balaban J connectivity index is 1.72. The largest absolute Gasteiger partial charge is 0.493 e. The third kappa shape index (κ3) is 4.41. The number of aromatic amines is 1. The van der Waals surface area contributed by atoms with Crippen molar-refractivity contribution in [2.45, 2.75) is 38.1 Å². The second-order valence-electron chi connectivity index (χ2n) is 9.21.